The van der Waals surface area contributed by atoms with E-state index < -0.39 is 10.0 Å². The highest BCUT2D eigenvalue weighted by molar-refractivity contribution is 7.92. The zero-order valence-corrected chi connectivity index (χ0v) is 13.5. The average Bonchev–Trinajstić information content (AvgIpc) is 2.48. The number of sulfonamides is 1. The SMILES string of the molecule is CCCc1ccc(NS(=O)(=O)c2ccc(OC)cc2N)cc1. The Morgan fingerprint density at radius 1 is 1.14 bits per heavy atom. The third-order valence-electron chi connectivity index (χ3n) is 3.25. The van der Waals surface area contributed by atoms with Crippen LogP contribution in [0, 0.1) is 0 Å². The van der Waals surface area contributed by atoms with E-state index in [1.807, 2.05) is 12.1 Å². The van der Waals surface area contributed by atoms with Crippen LogP contribution >= 0.6 is 0 Å². The Labute approximate surface area is 131 Å². The van der Waals surface area contributed by atoms with Crippen LogP contribution in [-0.2, 0) is 16.4 Å². The van der Waals surface area contributed by atoms with Crippen LogP contribution in [0.2, 0.25) is 0 Å². The summed E-state index contributed by atoms with van der Waals surface area (Å²) >= 11 is 0. The van der Waals surface area contributed by atoms with Crippen molar-refractivity contribution in [2.45, 2.75) is 24.7 Å². The first-order valence-electron chi connectivity index (χ1n) is 7.01. The van der Waals surface area contributed by atoms with Crippen molar-refractivity contribution in [2.24, 2.45) is 0 Å². The standard InChI is InChI=1S/C16H20N2O3S/c1-3-4-12-5-7-13(8-6-12)18-22(19,20)16-10-9-14(21-2)11-15(16)17/h5-11,18H,3-4,17H2,1-2H3. The lowest BCUT2D eigenvalue weighted by Gasteiger charge is -2.11. The second-order valence-electron chi connectivity index (χ2n) is 4.96. The number of benzene rings is 2. The minimum atomic E-state index is -3.72. The number of nitrogen functional groups attached to an aromatic ring is 1. The lowest BCUT2D eigenvalue weighted by atomic mass is 10.1. The monoisotopic (exact) mass is 320 g/mol. The van der Waals surface area contributed by atoms with E-state index >= 15 is 0 Å². The van der Waals surface area contributed by atoms with Gasteiger partial charge in [0.2, 0.25) is 0 Å². The third kappa shape index (κ3) is 3.71. The number of aryl methyl sites for hydroxylation is 1. The predicted octanol–water partition coefficient (Wildman–Crippen LogP) is 3.03. The molecule has 0 bridgehead atoms. The summed E-state index contributed by atoms with van der Waals surface area (Å²) < 4.78 is 32.4. The second-order valence-corrected chi connectivity index (χ2v) is 6.61. The molecule has 0 radical (unpaired) electrons. The van der Waals surface area contributed by atoms with Crippen LogP contribution in [0.25, 0.3) is 0 Å². The molecular formula is C16H20N2O3S. The zero-order valence-electron chi connectivity index (χ0n) is 12.7. The van der Waals surface area contributed by atoms with Gasteiger partial charge in [-0.15, -0.1) is 0 Å². The maximum atomic E-state index is 12.4. The van der Waals surface area contributed by atoms with Crippen LogP contribution in [-0.4, -0.2) is 15.5 Å². The molecule has 6 heteroatoms. The van der Waals surface area contributed by atoms with Crippen molar-refractivity contribution in [3.8, 4) is 5.75 Å². The highest BCUT2D eigenvalue weighted by atomic mass is 32.2. The maximum absolute atomic E-state index is 12.4. The molecule has 5 nitrogen and oxygen atoms in total. The fourth-order valence-corrected chi connectivity index (χ4v) is 3.31. The Morgan fingerprint density at radius 3 is 2.36 bits per heavy atom. The molecular weight excluding hydrogens is 300 g/mol. The first kappa shape index (κ1) is 16.2. The molecule has 0 saturated heterocycles. The van der Waals surface area contributed by atoms with E-state index in [4.69, 9.17) is 10.5 Å². The molecule has 0 aromatic heterocycles. The second kappa shape index (κ2) is 6.70. The molecule has 0 spiro atoms. The van der Waals surface area contributed by atoms with Crippen molar-refractivity contribution >= 4 is 21.4 Å². The summed E-state index contributed by atoms with van der Waals surface area (Å²) in [5, 5.41) is 0. The zero-order chi connectivity index (χ0) is 16.2. The van der Waals surface area contributed by atoms with Gasteiger partial charge in [-0.2, -0.15) is 0 Å². The summed E-state index contributed by atoms with van der Waals surface area (Å²) in [5.74, 6) is 0.514. The van der Waals surface area contributed by atoms with Gasteiger partial charge in [-0.1, -0.05) is 25.5 Å². The van der Waals surface area contributed by atoms with Gasteiger partial charge in [0.25, 0.3) is 10.0 Å². The molecule has 0 unspecified atom stereocenters. The first-order valence-corrected chi connectivity index (χ1v) is 8.50. The lowest BCUT2D eigenvalue weighted by Crippen LogP contribution is -2.14. The van der Waals surface area contributed by atoms with E-state index in [-0.39, 0.29) is 10.6 Å². The van der Waals surface area contributed by atoms with Crippen molar-refractivity contribution in [1.29, 1.82) is 0 Å². The van der Waals surface area contributed by atoms with Crippen molar-refractivity contribution in [2.75, 3.05) is 17.6 Å². The van der Waals surface area contributed by atoms with Gasteiger partial charge in [0.15, 0.2) is 0 Å². The number of anilines is 2. The van der Waals surface area contributed by atoms with Crippen molar-refractivity contribution in [3.63, 3.8) is 0 Å². The van der Waals surface area contributed by atoms with E-state index in [9.17, 15) is 8.42 Å². The molecule has 0 saturated carbocycles. The number of nitrogens with one attached hydrogen (secondary N) is 1. The molecule has 22 heavy (non-hydrogen) atoms. The summed E-state index contributed by atoms with van der Waals surface area (Å²) in [7, 11) is -2.23. The minimum absolute atomic E-state index is 0.0333. The Hall–Kier alpha value is -2.21. The smallest absolute Gasteiger partial charge is 0.263 e. The van der Waals surface area contributed by atoms with Crippen molar-refractivity contribution in [1.82, 2.24) is 0 Å². The van der Waals surface area contributed by atoms with Gasteiger partial charge < -0.3 is 10.5 Å². The lowest BCUT2D eigenvalue weighted by molar-refractivity contribution is 0.414. The topological polar surface area (TPSA) is 81.4 Å². The van der Waals surface area contributed by atoms with Crippen LogP contribution in [0.5, 0.6) is 5.75 Å². The molecule has 118 valence electrons. The number of hydrogen-bond donors (Lipinski definition) is 2. The molecule has 2 aromatic carbocycles. The average molecular weight is 320 g/mol. The van der Waals surface area contributed by atoms with Gasteiger partial charge in [0.1, 0.15) is 10.6 Å². The molecule has 0 fully saturated rings. The fraction of sp³-hybridized carbons (Fsp3) is 0.250. The molecule has 0 atom stereocenters. The maximum Gasteiger partial charge on any atom is 0.263 e. The highest BCUT2D eigenvalue weighted by Crippen LogP contribution is 2.25. The van der Waals surface area contributed by atoms with Crippen molar-refractivity contribution in [3.05, 3.63) is 48.0 Å². The molecule has 0 aliphatic rings. The number of methoxy groups -OCH3 is 1. The largest absolute Gasteiger partial charge is 0.497 e. The Bertz CT molecular complexity index is 740. The molecule has 2 aromatic rings. The summed E-state index contributed by atoms with van der Waals surface area (Å²) in [6.45, 7) is 2.10. The molecule has 0 aliphatic heterocycles. The summed E-state index contributed by atoms with van der Waals surface area (Å²) in [5.41, 5.74) is 7.63. The van der Waals surface area contributed by atoms with Crippen LogP contribution in [0.3, 0.4) is 0 Å². The number of nitrogens with two attached hydrogens (primary N) is 1. The van der Waals surface area contributed by atoms with E-state index in [1.54, 1.807) is 18.2 Å². The number of ether oxygens (including phenoxy) is 1. The number of hydrogen-bond acceptors (Lipinski definition) is 4. The quantitative estimate of drug-likeness (QED) is 0.802. The van der Waals surface area contributed by atoms with Crippen LogP contribution < -0.4 is 15.2 Å². The van der Waals surface area contributed by atoms with E-state index in [0.717, 1.165) is 12.8 Å². The normalized spacial score (nSPS) is 11.2. The molecule has 0 aliphatic carbocycles. The van der Waals surface area contributed by atoms with Crippen LogP contribution in [0.15, 0.2) is 47.4 Å². The predicted molar refractivity (Wildman–Crippen MR) is 88.7 cm³/mol. The van der Waals surface area contributed by atoms with Gasteiger partial charge in [0, 0.05) is 11.8 Å². The molecule has 2 rings (SSSR count). The van der Waals surface area contributed by atoms with Gasteiger partial charge in [-0.05, 0) is 36.2 Å². The van der Waals surface area contributed by atoms with Crippen molar-refractivity contribution < 1.29 is 13.2 Å². The Kier molecular flexibility index (Phi) is 4.92. The third-order valence-corrected chi connectivity index (χ3v) is 4.71. The number of rotatable bonds is 6. The summed E-state index contributed by atoms with van der Waals surface area (Å²) in [4.78, 5) is 0.0333. The van der Waals surface area contributed by atoms with E-state index in [0.29, 0.717) is 11.4 Å². The Morgan fingerprint density at radius 2 is 1.82 bits per heavy atom. The van der Waals surface area contributed by atoms with Crippen LogP contribution in [0.4, 0.5) is 11.4 Å². The highest BCUT2D eigenvalue weighted by Gasteiger charge is 2.18. The van der Waals surface area contributed by atoms with Gasteiger partial charge >= 0.3 is 0 Å². The van der Waals surface area contributed by atoms with Gasteiger partial charge in [0.05, 0.1) is 12.8 Å². The molecule has 0 amide bonds. The van der Waals surface area contributed by atoms with Gasteiger partial charge in [-0.3, -0.25) is 4.72 Å². The van der Waals surface area contributed by atoms with E-state index in [2.05, 4.69) is 11.6 Å². The first-order chi connectivity index (χ1) is 10.5. The summed E-state index contributed by atoms with van der Waals surface area (Å²) in [6.07, 6.45) is 2.02. The van der Waals surface area contributed by atoms with Crippen LogP contribution in [0.1, 0.15) is 18.9 Å². The minimum Gasteiger partial charge on any atom is -0.497 e. The summed E-state index contributed by atoms with van der Waals surface area (Å²) in [6, 6.07) is 11.8. The molecule has 0 heterocycles. The fourth-order valence-electron chi connectivity index (χ4n) is 2.14. The Balaban J connectivity index is 2.23. The van der Waals surface area contributed by atoms with E-state index in [1.165, 1.54) is 24.8 Å². The van der Waals surface area contributed by atoms with Gasteiger partial charge in [-0.25, -0.2) is 8.42 Å². The molecule has 3 N–H and O–H groups in total.